The highest BCUT2D eigenvalue weighted by atomic mass is 35.5. The number of amides is 1. The van der Waals surface area contributed by atoms with Gasteiger partial charge < -0.3 is 5.32 Å². The fourth-order valence-corrected chi connectivity index (χ4v) is 2.60. The smallest absolute Gasteiger partial charge is 0.236 e. The molecular weight excluding hydrogens is 280 g/mol. The van der Waals surface area contributed by atoms with Gasteiger partial charge in [0.25, 0.3) is 0 Å². The van der Waals surface area contributed by atoms with Crippen molar-refractivity contribution in [2.24, 2.45) is 0 Å². The summed E-state index contributed by atoms with van der Waals surface area (Å²) in [5.74, 6) is 0.281. The molecule has 0 unspecified atom stereocenters. The van der Waals surface area contributed by atoms with Crippen molar-refractivity contribution in [2.75, 3.05) is 5.32 Å². The molecule has 0 radical (unpaired) electrons. The number of nitrogens with one attached hydrogen (secondary N) is 1. The second kappa shape index (κ2) is 5.72. The summed E-state index contributed by atoms with van der Waals surface area (Å²) in [6.07, 6.45) is 0. The second-order valence-corrected chi connectivity index (χ2v) is 5.85. The molecule has 0 atom stereocenters. The van der Waals surface area contributed by atoms with Crippen LogP contribution >= 0.6 is 22.9 Å². The number of halogens is 1. The zero-order valence-corrected chi connectivity index (χ0v) is 12.4. The summed E-state index contributed by atoms with van der Waals surface area (Å²) in [6.45, 7) is 3.79. The first-order valence-electron chi connectivity index (χ1n) is 5.91. The molecule has 100 valence electrons. The first-order valence-corrected chi connectivity index (χ1v) is 7.33. The summed E-state index contributed by atoms with van der Waals surface area (Å²) in [5, 5.41) is 5.28. The number of rotatable bonds is 4. The van der Waals surface area contributed by atoms with Crippen molar-refractivity contribution in [1.29, 1.82) is 0 Å². The van der Waals surface area contributed by atoms with Gasteiger partial charge in [-0.25, -0.2) is 4.98 Å². The average molecular weight is 295 g/mol. The van der Waals surface area contributed by atoms with E-state index in [2.05, 4.69) is 10.3 Å². The molecule has 1 heterocycles. The molecule has 0 spiro atoms. The summed E-state index contributed by atoms with van der Waals surface area (Å²) in [5.41, 5.74) is 1.15. The quantitative estimate of drug-likeness (QED) is 0.872. The van der Waals surface area contributed by atoms with Gasteiger partial charge in [0.15, 0.2) is 5.13 Å². The molecule has 0 saturated carbocycles. The van der Waals surface area contributed by atoms with Gasteiger partial charge in [-0.15, -0.1) is 22.9 Å². The standard InChI is InChI=1S/C14H15ClN2OS/c1-14(2,10-6-4-3-5-7-10)12(18)17-13-16-11(8-15)9-19-13/h3-7,9H,8H2,1-2H3,(H,16,17,18). The highest BCUT2D eigenvalue weighted by Gasteiger charge is 2.30. The number of carbonyl (C=O) groups excluding carboxylic acids is 1. The largest absolute Gasteiger partial charge is 0.301 e. The molecule has 0 aliphatic rings. The van der Waals surface area contributed by atoms with E-state index in [1.807, 2.05) is 49.6 Å². The van der Waals surface area contributed by atoms with Gasteiger partial charge in [-0.3, -0.25) is 4.79 Å². The van der Waals surface area contributed by atoms with E-state index in [4.69, 9.17) is 11.6 Å². The van der Waals surface area contributed by atoms with E-state index in [9.17, 15) is 4.79 Å². The molecule has 0 aliphatic heterocycles. The van der Waals surface area contributed by atoms with Crippen LogP contribution in [0.2, 0.25) is 0 Å². The number of carbonyl (C=O) groups is 1. The fraction of sp³-hybridized carbons (Fsp3) is 0.286. The molecule has 0 aliphatic carbocycles. The minimum Gasteiger partial charge on any atom is -0.301 e. The van der Waals surface area contributed by atoms with Crippen molar-refractivity contribution in [2.45, 2.75) is 25.1 Å². The van der Waals surface area contributed by atoms with Crippen molar-refractivity contribution in [3.8, 4) is 0 Å². The lowest BCUT2D eigenvalue weighted by Gasteiger charge is -2.23. The number of aromatic nitrogens is 1. The van der Waals surface area contributed by atoms with Crippen molar-refractivity contribution < 1.29 is 4.79 Å². The Balaban J connectivity index is 2.15. The van der Waals surface area contributed by atoms with Crippen LogP contribution in [-0.4, -0.2) is 10.9 Å². The summed E-state index contributed by atoms with van der Waals surface area (Å²) in [6, 6.07) is 9.70. The Labute approximate surface area is 121 Å². The van der Waals surface area contributed by atoms with Crippen LogP contribution in [0.4, 0.5) is 5.13 Å². The van der Waals surface area contributed by atoms with Crippen LogP contribution in [0.1, 0.15) is 25.1 Å². The first-order chi connectivity index (χ1) is 9.04. The summed E-state index contributed by atoms with van der Waals surface area (Å²) >= 11 is 7.08. The van der Waals surface area contributed by atoms with E-state index in [-0.39, 0.29) is 5.91 Å². The maximum atomic E-state index is 12.4. The lowest BCUT2D eigenvalue weighted by molar-refractivity contribution is -0.120. The van der Waals surface area contributed by atoms with Crippen LogP contribution < -0.4 is 5.32 Å². The van der Waals surface area contributed by atoms with E-state index in [1.54, 1.807) is 0 Å². The minimum atomic E-state index is -0.603. The van der Waals surface area contributed by atoms with E-state index >= 15 is 0 Å². The third-order valence-corrected chi connectivity index (χ3v) is 4.05. The van der Waals surface area contributed by atoms with Crippen molar-refractivity contribution in [3.63, 3.8) is 0 Å². The topological polar surface area (TPSA) is 42.0 Å². The number of hydrogen-bond acceptors (Lipinski definition) is 3. The Morgan fingerprint density at radius 1 is 1.37 bits per heavy atom. The third kappa shape index (κ3) is 3.14. The molecule has 1 aromatic heterocycles. The molecule has 2 aromatic rings. The molecule has 3 nitrogen and oxygen atoms in total. The Hall–Kier alpha value is -1.39. The van der Waals surface area contributed by atoms with Gasteiger partial charge in [-0.2, -0.15) is 0 Å². The molecule has 1 N–H and O–H groups in total. The predicted molar refractivity (Wildman–Crippen MR) is 79.8 cm³/mol. The number of nitrogens with zero attached hydrogens (tertiary/aromatic N) is 1. The number of hydrogen-bond donors (Lipinski definition) is 1. The summed E-state index contributed by atoms with van der Waals surface area (Å²) < 4.78 is 0. The van der Waals surface area contributed by atoms with Crippen LogP contribution in [0, 0.1) is 0 Å². The van der Waals surface area contributed by atoms with Crippen LogP contribution in [-0.2, 0) is 16.1 Å². The van der Waals surface area contributed by atoms with Gasteiger partial charge in [0.2, 0.25) is 5.91 Å². The monoisotopic (exact) mass is 294 g/mol. The van der Waals surface area contributed by atoms with Gasteiger partial charge in [-0.05, 0) is 19.4 Å². The van der Waals surface area contributed by atoms with Crippen LogP contribution in [0.25, 0.3) is 0 Å². The van der Waals surface area contributed by atoms with Gasteiger partial charge in [-0.1, -0.05) is 30.3 Å². The molecule has 19 heavy (non-hydrogen) atoms. The molecule has 5 heteroatoms. The Morgan fingerprint density at radius 2 is 2.05 bits per heavy atom. The normalized spacial score (nSPS) is 11.3. The number of anilines is 1. The van der Waals surface area contributed by atoms with Crippen molar-refractivity contribution in [1.82, 2.24) is 4.98 Å². The number of benzene rings is 1. The van der Waals surface area contributed by atoms with E-state index in [0.29, 0.717) is 11.0 Å². The zero-order chi connectivity index (χ0) is 13.9. The molecule has 1 aromatic carbocycles. The Bertz CT molecular complexity index is 566. The van der Waals surface area contributed by atoms with Gasteiger partial charge in [0, 0.05) is 5.38 Å². The Kier molecular flexibility index (Phi) is 4.22. The van der Waals surface area contributed by atoms with E-state index < -0.39 is 5.41 Å². The maximum Gasteiger partial charge on any atom is 0.236 e. The van der Waals surface area contributed by atoms with Crippen LogP contribution in [0.5, 0.6) is 0 Å². The SMILES string of the molecule is CC(C)(C(=O)Nc1nc(CCl)cs1)c1ccccc1. The van der Waals surface area contributed by atoms with Crippen molar-refractivity contribution >= 4 is 34.0 Å². The van der Waals surface area contributed by atoms with E-state index in [0.717, 1.165) is 11.3 Å². The van der Waals surface area contributed by atoms with Gasteiger partial charge in [0.05, 0.1) is 17.0 Å². The first kappa shape index (κ1) is 14.0. The lowest BCUT2D eigenvalue weighted by Crippen LogP contribution is -2.34. The average Bonchev–Trinajstić information content (AvgIpc) is 2.87. The molecule has 1 amide bonds. The molecule has 0 bridgehead atoms. The summed E-state index contributed by atoms with van der Waals surface area (Å²) in [7, 11) is 0. The highest BCUT2D eigenvalue weighted by molar-refractivity contribution is 7.14. The van der Waals surface area contributed by atoms with Gasteiger partial charge >= 0.3 is 0 Å². The highest BCUT2D eigenvalue weighted by Crippen LogP contribution is 2.26. The number of thiazole rings is 1. The third-order valence-electron chi connectivity index (χ3n) is 2.97. The lowest BCUT2D eigenvalue weighted by atomic mass is 9.84. The predicted octanol–water partition coefficient (Wildman–Crippen LogP) is 3.80. The second-order valence-electron chi connectivity index (χ2n) is 4.72. The molecule has 0 saturated heterocycles. The molecule has 0 fully saturated rings. The van der Waals surface area contributed by atoms with Crippen LogP contribution in [0.3, 0.4) is 0 Å². The number of alkyl halides is 1. The molecule has 2 rings (SSSR count). The summed E-state index contributed by atoms with van der Waals surface area (Å²) in [4.78, 5) is 16.6. The Morgan fingerprint density at radius 3 is 2.63 bits per heavy atom. The van der Waals surface area contributed by atoms with Gasteiger partial charge in [0.1, 0.15) is 0 Å². The fourth-order valence-electron chi connectivity index (χ4n) is 1.67. The maximum absolute atomic E-state index is 12.4. The molecular formula is C14H15ClN2OS. The van der Waals surface area contributed by atoms with E-state index in [1.165, 1.54) is 11.3 Å². The zero-order valence-electron chi connectivity index (χ0n) is 10.8. The van der Waals surface area contributed by atoms with Crippen LogP contribution in [0.15, 0.2) is 35.7 Å². The van der Waals surface area contributed by atoms with Crippen molar-refractivity contribution in [3.05, 3.63) is 47.0 Å². The minimum absolute atomic E-state index is 0.0748.